The van der Waals surface area contributed by atoms with E-state index < -0.39 is 0 Å². The molecule has 104 valence electrons. The van der Waals surface area contributed by atoms with Crippen LogP contribution in [0, 0.1) is 6.92 Å². The molecule has 0 radical (unpaired) electrons. The Labute approximate surface area is 115 Å². The van der Waals surface area contributed by atoms with E-state index in [0.717, 1.165) is 24.4 Å². The Morgan fingerprint density at radius 2 is 2.05 bits per heavy atom. The van der Waals surface area contributed by atoms with Gasteiger partial charge < -0.3 is 15.4 Å². The third-order valence-electron chi connectivity index (χ3n) is 3.53. The summed E-state index contributed by atoms with van der Waals surface area (Å²) in [7, 11) is 1.69. The Bertz CT molecular complexity index is 451. The van der Waals surface area contributed by atoms with Crippen molar-refractivity contribution in [3.63, 3.8) is 0 Å². The molecule has 4 heteroatoms. The van der Waals surface area contributed by atoms with Gasteiger partial charge in [0.05, 0.1) is 13.7 Å². The zero-order valence-electron chi connectivity index (χ0n) is 11.9. The first-order valence-corrected chi connectivity index (χ1v) is 6.89. The number of benzene rings is 1. The van der Waals surface area contributed by atoms with Gasteiger partial charge >= 0.3 is 0 Å². The maximum atomic E-state index is 6.05. The van der Waals surface area contributed by atoms with Crippen LogP contribution in [0.2, 0.25) is 0 Å². The first-order valence-electron chi connectivity index (χ1n) is 6.89. The summed E-state index contributed by atoms with van der Waals surface area (Å²) < 4.78 is 5.38. The summed E-state index contributed by atoms with van der Waals surface area (Å²) in [6.45, 7) is 4.68. The summed E-state index contributed by atoms with van der Waals surface area (Å²) in [4.78, 5) is 6.67. The first kappa shape index (κ1) is 13.7. The summed E-state index contributed by atoms with van der Waals surface area (Å²) >= 11 is 0. The zero-order chi connectivity index (χ0) is 13.7. The Hall–Kier alpha value is -1.71. The predicted octanol–water partition coefficient (Wildman–Crippen LogP) is 2.30. The average molecular weight is 261 g/mol. The van der Waals surface area contributed by atoms with Gasteiger partial charge in [-0.3, -0.25) is 0 Å². The summed E-state index contributed by atoms with van der Waals surface area (Å²) in [6, 6.07) is 6.16. The van der Waals surface area contributed by atoms with Gasteiger partial charge in [0, 0.05) is 18.7 Å². The highest BCUT2D eigenvalue weighted by atomic mass is 16.5. The molecule has 0 aliphatic carbocycles. The number of likely N-dealkylation sites (tertiary alicyclic amines) is 1. The SMILES string of the molecule is COc1cc(C)ccc1CN=C(N)N1CCCCC1. The highest BCUT2D eigenvalue weighted by Crippen LogP contribution is 2.20. The molecule has 1 aromatic rings. The van der Waals surface area contributed by atoms with E-state index in [2.05, 4.69) is 28.9 Å². The lowest BCUT2D eigenvalue weighted by Gasteiger charge is -2.27. The van der Waals surface area contributed by atoms with E-state index in [1.165, 1.54) is 24.8 Å². The fraction of sp³-hybridized carbons (Fsp3) is 0.533. The number of piperidine rings is 1. The molecular weight excluding hydrogens is 238 g/mol. The molecule has 0 saturated carbocycles. The number of nitrogens with zero attached hydrogens (tertiary/aromatic N) is 2. The van der Waals surface area contributed by atoms with E-state index in [9.17, 15) is 0 Å². The number of ether oxygens (including phenoxy) is 1. The Morgan fingerprint density at radius 1 is 1.32 bits per heavy atom. The van der Waals surface area contributed by atoms with Gasteiger partial charge in [-0.2, -0.15) is 0 Å². The molecular formula is C15H23N3O. The smallest absolute Gasteiger partial charge is 0.191 e. The second-order valence-electron chi connectivity index (χ2n) is 5.04. The Morgan fingerprint density at radius 3 is 2.74 bits per heavy atom. The van der Waals surface area contributed by atoms with Crippen molar-refractivity contribution in [1.29, 1.82) is 0 Å². The summed E-state index contributed by atoms with van der Waals surface area (Å²) in [5, 5.41) is 0. The van der Waals surface area contributed by atoms with Gasteiger partial charge in [-0.15, -0.1) is 0 Å². The molecule has 4 nitrogen and oxygen atoms in total. The third-order valence-corrected chi connectivity index (χ3v) is 3.53. The monoisotopic (exact) mass is 261 g/mol. The molecule has 0 bridgehead atoms. The molecule has 0 spiro atoms. The van der Waals surface area contributed by atoms with Crippen molar-refractivity contribution in [2.24, 2.45) is 10.7 Å². The van der Waals surface area contributed by atoms with Gasteiger partial charge in [0.2, 0.25) is 0 Å². The van der Waals surface area contributed by atoms with Crippen LogP contribution in [0.15, 0.2) is 23.2 Å². The molecule has 0 unspecified atom stereocenters. The molecule has 1 aromatic carbocycles. The average Bonchev–Trinajstić information content (AvgIpc) is 2.46. The molecule has 0 atom stereocenters. The lowest BCUT2D eigenvalue weighted by molar-refractivity contribution is 0.338. The Kier molecular flexibility index (Phi) is 4.66. The maximum absolute atomic E-state index is 6.05. The summed E-state index contributed by atoms with van der Waals surface area (Å²) in [5.41, 5.74) is 8.32. The standard InChI is InChI=1S/C15H23N3O/c1-12-6-7-13(14(10-12)19-2)11-17-15(16)18-8-4-3-5-9-18/h6-7,10H,3-5,8-9,11H2,1-2H3,(H2,16,17). The number of hydrogen-bond acceptors (Lipinski definition) is 2. The minimum atomic E-state index is 0.575. The topological polar surface area (TPSA) is 50.9 Å². The lowest BCUT2D eigenvalue weighted by Crippen LogP contribution is -2.40. The van der Waals surface area contributed by atoms with Crippen LogP contribution in [-0.4, -0.2) is 31.1 Å². The van der Waals surface area contributed by atoms with Crippen molar-refractivity contribution in [1.82, 2.24) is 4.90 Å². The molecule has 0 amide bonds. The number of aryl methyl sites for hydroxylation is 1. The highest BCUT2D eigenvalue weighted by Gasteiger charge is 2.12. The van der Waals surface area contributed by atoms with E-state index >= 15 is 0 Å². The molecule has 1 heterocycles. The van der Waals surface area contributed by atoms with Crippen LogP contribution in [0.1, 0.15) is 30.4 Å². The van der Waals surface area contributed by atoms with Crippen LogP contribution in [0.4, 0.5) is 0 Å². The summed E-state index contributed by atoms with van der Waals surface area (Å²) in [6.07, 6.45) is 3.73. The zero-order valence-corrected chi connectivity index (χ0v) is 11.9. The second kappa shape index (κ2) is 6.45. The van der Waals surface area contributed by atoms with Crippen molar-refractivity contribution in [3.05, 3.63) is 29.3 Å². The molecule has 0 aromatic heterocycles. The van der Waals surface area contributed by atoms with Crippen molar-refractivity contribution >= 4 is 5.96 Å². The van der Waals surface area contributed by atoms with E-state index in [1.807, 2.05) is 6.07 Å². The first-order chi connectivity index (χ1) is 9.20. The normalized spacial score (nSPS) is 16.5. The predicted molar refractivity (Wildman–Crippen MR) is 78.5 cm³/mol. The van der Waals surface area contributed by atoms with E-state index in [1.54, 1.807) is 7.11 Å². The second-order valence-corrected chi connectivity index (χ2v) is 5.04. The highest BCUT2D eigenvalue weighted by molar-refractivity contribution is 5.78. The van der Waals surface area contributed by atoms with Crippen LogP contribution in [-0.2, 0) is 6.54 Å². The third kappa shape index (κ3) is 3.63. The number of hydrogen-bond donors (Lipinski definition) is 1. The van der Waals surface area contributed by atoms with Gasteiger partial charge in [0.1, 0.15) is 5.75 Å². The number of methoxy groups -OCH3 is 1. The van der Waals surface area contributed by atoms with Crippen LogP contribution >= 0.6 is 0 Å². The number of nitrogens with two attached hydrogens (primary N) is 1. The van der Waals surface area contributed by atoms with Crippen LogP contribution in [0.3, 0.4) is 0 Å². The van der Waals surface area contributed by atoms with Crippen molar-refractivity contribution in [2.45, 2.75) is 32.7 Å². The molecule has 1 fully saturated rings. The molecule has 1 aliphatic heterocycles. The van der Waals surface area contributed by atoms with Gasteiger partial charge in [0.15, 0.2) is 5.96 Å². The van der Waals surface area contributed by atoms with E-state index in [4.69, 9.17) is 10.5 Å². The minimum absolute atomic E-state index is 0.575. The van der Waals surface area contributed by atoms with Crippen molar-refractivity contribution in [3.8, 4) is 5.75 Å². The molecule has 1 saturated heterocycles. The van der Waals surface area contributed by atoms with Crippen LogP contribution in [0.25, 0.3) is 0 Å². The van der Waals surface area contributed by atoms with Crippen LogP contribution in [0.5, 0.6) is 5.75 Å². The molecule has 1 aliphatic rings. The van der Waals surface area contributed by atoms with E-state index in [-0.39, 0.29) is 0 Å². The van der Waals surface area contributed by atoms with Gasteiger partial charge in [-0.25, -0.2) is 4.99 Å². The molecule has 2 rings (SSSR count). The maximum Gasteiger partial charge on any atom is 0.191 e. The van der Waals surface area contributed by atoms with Gasteiger partial charge in [0.25, 0.3) is 0 Å². The van der Waals surface area contributed by atoms with Crippen molar-refractivity contribution in [2.75, 3.05) is 20.2 Å². The van der Waals surface area contributed by atoms with Gasteiger partial charge in [-0.1, -0.05) is 12.1 Å². The number of guanidine groups is 1. The lowest BCUT2D eigenvalue weighted by atomic mass is 10.1. The summed E-state index contributed by atoms with van der Waals surface area (Å²) in [5.74, 6) is 1.54. The van der Waals surface area contributed by atoms with Crippen molar-refractivity contribution < 1.29 is 4.74 Å². The quantitative estimate of drug-likeness (QED) is 0.671. The molecule has 2 N–H and O–H groups in total. The largest absolute Gasteiger partial charge is 0.496 e. The number of aliphatic imine (C=N–C) groups is 1. The van der Waals surface area contributed by atoms with Gasteiger partial charge in [-0.05, 0) is 37.8 Å². The number of rotatable bonds is 3. The fourth-order valence-electron chi connectivity index (χ4n) is 2.37. The van der Waals surface area contributed by atoms with Crippen LogP contribution < -0.4 is 10.5 Å². The minimum Gasteiger partial charge on any atom is -0.496 e. The molecule has 19 heavy (non-hydrogen) atoms. The Balaban J connectivity index is 2.04. The van der Waals surface area contributed by atoms with E-state index in [0.29, 0.717) is 12.5 Å². The fourth-order valence-corrected chi connectivity index (χ4v) is 2.37.